The van der Waals surface area contributed by atoms with Crippen LogP contribution in [0.15, 0.2) is 41.3 Å². The van der Waals surface area contributed by atoms with E-state index in [0.29, 0.717) is 0 Å². The Morgan fingerprint density at radius 1 is 1.04 bits per heavy atom. The molecule has 1 amide bonds. The van der Waals surface area contributed by atoms with Crippen LogP contribution in [0.5, 0.6) is 0 Å². The molecule has 0 saturated carbocycles. The average Bonchev–Trinajstić information content (AvgIpc) is 2.64. The normalized spacial score (nSPS) is 16.1. The van der Waals surface area contributed by atoms with Gasteiger partial charge in [0.15, 0.2) is 11.6 Å². The van der Waals surface area contributed by atoms with Gasteiger partial charge in [-0.2, -0.15) is 4.31 Å². The van der Waals surface area contributed by atoms with Crippen LogP contribution in [0.3, 0.4) is 0 Å². The number of nitrogens with zero attached hydrogens (tertiary/aromatic N) is 1. The SMILES string of the molecule is O=C(Nc1ccc(F)c(F)c1)C1CCN(S(=O)(=O)c2c(Cl)cccc2Cl)CC1. The number of amides is 1. The second-order valence-corrected chi connectivity index (χ2v) is 9.04. The number of anilines is 1. The molecule has 0 aliphatic carbocycles. The number of sulfonamides is 1. The zero-order valence-corrected chi connectivity index (χ0v) is 16.8. The first-order valence-corrected chi connectivity index (χ1v) is 10.6. The lowest BCUT2D eigenvalue weighted by atomic mass is 9.97. The van der Waals surface area contributed by atoms with E-state index in [2.05, 4.69) is 5.32 Å². The van der Waals surface area contributed by atoms with Gasteiger partial charge in [-0.1, -0.05) is 29.3 Å². The van der Waals surface area contributed by atoms with Crippen LogP contribution in [-0.2, 0) is 14.8 Å². The lowest BCUT2D eigenvalue weighted by molar-refractivity contribution is -0.120. The Bertz CT molecular complexity index is 990. The van der Waals surface area contributed by atoms with E-state index in [0.717, 1.165) is 12.1 Å². The van der Waals surface area contributed by atoms with Crippen LogP contribution in [0.2, 0.25) is 10.0 Å². The summed E-state index contributed by atoms with van der Waals surface area (Å²) in [6.07, 6.45) is 0.549. The van der Waals surface area contributed by atoms with Gasteiger partial charge in [0.2, 0.25) is 15.9 Å². The fourth-order valence-electron chi connectivity index (χ4n) is 3.03. The molecule has 0 bridgehead atoms. The molecule has 1 aliphatic heterocycles. The molecule has 2 aromatic carbocycles. The van der Waals surface area contributed by atoms with E-state index < -0.39 is 27.6 Å². The van der Waals surface area contributed by atoms with Crippen molar-refractivity contribution in [1.82, 2.24) is 4.31 Å². The molecule has 1 aliphatic rings. The molecule has 0 spiro atoms. The Morgan fingerprint density at radius 3 is 2.21 bits per heavy atom. The highest BCUT2D eigenvalue weighted by Gasteiger charge is 2.34. The summed E-state index contributed by atoms with van der Waals surface area (Å²) in [5.41, 5.74) is 0.141. The van der Waals surface area contributed by atoms with Gasteiger partial charge in [0.25, 0.3) is 0 Å². The van der Waals surface area contributed by atoms with Gasteiger partial charge in [-0.25, -0.2) is 17.2 Å². The Hall–Kier alpha value is -1.74. The summed E-state index contributed by atoms with van der Waals surface area (Å²) in [4.78, 5) is 12.2. The van der Waals surface area contributed by atoms with Crippen molar-refractivity contribution in [2.24, 2.45) is 5.92 Å². The summed E-state index contributed by atoms with van der Waals surface area (Å²) < 4.78 is 53.2. The lowest BCUT2D eigenvalue weighted by Gasteiger charge is -2.31. The standard InChI is InChI=1S/C18H16Cl2F2N2O3S/c19-13-2-1-3-14(20)17(13)28(26,27)24-8-6-11(7-9-24)18(25)23-12-4-5-15(21)16(22)10-12/h1-5,10-11H,6-9H2,(H,23,25). The van der Waals surface area contributed by atoms with Gasteiger partial charge < -0.3 is 5.32 Å². The van der Waals surface area contributed by atoms with Crippen molar-refractivity contribution in [2.75, 3.05) is 18.4 Å². The third-order valence-corrected chi connectivity index (χ3v) is 7.38. The van der Waals surface area contributed by atoms with Crippen molar-refractivity contribution in [3.05, 3.63) is 58.1 Å². The third-order valence-electron chi connectivity index (χ3n) is 4.53. The van der Waals surface area contributed by atoms with Gasteiger partial charge in [0.05, 0.1) is 10.0 Å². The number of rotatable bonds is 4. The molecule has 3 rings (SSSR count). The van der Waals surface area contributed by atoms with E-state index in [1.807, 2.05) is 0 Å². The molecule has 0 aromatic heterocycles. The predicted molar refractivity (Wildman–Crippen MR) is 103 cm³/mol. The monoisotopic (exact) mass is 448 g/mol. The lowest BCUT2D eigenvalue weighted by Crippen LogP contribution is -2.41. The highest BCUT2D eigenvalue weighted by atomic mass is 35.5. The molecule has 10 heteroatoms. The topological polar surface area (TPSA) is 66.5 Å². The smallest absolute Gasteiger partial charge is 0.246 e. The maximum atomic E-state index is 13.3. The van der Waals surface area contributed by atoms with E-state index in [1.54, 1.807) is 6.07 Å². The van der Waals surface area contributed by atoms with E-state index >= 15 is 0 Å². The molecular weight excluding hydrogens is 433 g/mol. The molecule has 5 nitrogen and oxygen atoms in total. The average molecular weight is 449 g/mol. The molecule has 1 saturated heterocycles. The number of hydrogen-bond acceptors (Lipinski definition) is 3. The number of halogens is 4. The van der Waals surface area contributed by atoms with Crippen molar-refractivity contribution >= 4 is 44.8 Å². The maximum Gasteiger partial charge on any atom is 0.246 e. The van der Waals surface area contributed by atoms with Crippen molar-refractivity contribution in [3.63, 3.8) is 0 Å². The first-order chi connectivity index (χ1) is 13.2. The molecule has 150 valence electrons. The Morgan fingerprint density at radius 2 is 1.64 bits per heavy atom. The van der Waals surface area contributed by atoms with Crippen LogP contribution >= 0.6 is 23.2 Å². The van der Waals surface area contributed by atoms with E-state index in [9.17, 15) is 22.0 Å². The fraction of sp³-hybridized carbons (Fsp3) is 0.278. The Kier molecular flexibility index (Phi) is 6.24. The minimum Gasteiger partial charge on any atom is -0.326 e. The number of hydrogen-bond donors (Lipinski definition) is 1. The first-order valence-electron chi connectivity index (χ1n) is 8.40. The van der Waals surface area contributed by atoms with Gasteiger partial charge in [0, 0.05) is 30.8 Å². The quantitative estimate of drug-likeness (QED) is 0.757. The van der Waals surface area contributed by atoms with Crippen LogP contribution in [0.4, 0.5) is 14.5 Å². The van der Waals surface area contributed by atoms with Gasteiger partial charge >= 0.3 is 0 Å². The highest BCUT2D eigenvalue weighted by Crippen LogP contribution is 2.33. The first kappa shape index (κ1) is 21.0. The van der Waals surface area contributed by atoms with E-state index in [4.69, 9.17) is 23.2 Å². The number of nitrogens with one attached hydrogen (secondary N) is 1. The maximum absolute atomic E-state index is 13.3. The van der Waals surface area contributed by atoms with Crippen LogP contribution in [0, 0.1) is 17.6 Å². The number of carbonyl (C=O) groups excluding carboxylic acids is 1. The van der Waals surface area contributed by atoms with Crippen LogP contribution in [0.1, 0.15) is 12.8 Å². The van der Waals surface area contributed by atoms with Crippen LogP contribution in [-0.4, -0.2) is 31.7 Å². The van der Waals surface area contributed by atoms with Crippen molar-refractivity contribution in [2.45, 2.75) is 17.7 Å². The molecule has 0 unspecified atom stereocenters. The number of benzene rings is 2. The fourth-order valence-corrected chi connectivity index (χ4v) is 5.60. The molecule has 1 fully saturated rings. The molecule has 1 heterocycles. The summed E-state index contributed by atoms with van der Waals surface area (Å²) in [6.45, 7) is 0.222. The molecule has 2 aromatic rings. The highest BCUT2D eigenvalue weighted by molar-refractivity contribution is 7.89. The Balaban J connectivity index is 1.67. The molecular formula is C18H16Cl2F2N2O3S. The number of piperidine rings is 1. The largest absolute Gasteiger partial charge is 0.326 e. The van der Waals surface area contributed by atoms with Gasteiger partial charge in [-0.15, -0.1) is 0 Å². The molecule has 28 heavy (non-hydrogen) atoms. The minimum atomic E-state index is -3.90. The summed E-state index contributed by atoms with van der Waals surface area (Å²) in [6, 6.07) is 7.53. The van der Waals surface area contributed by atoms with Crippen molar-refractivity contribution < 1.29 is 22.0 Å². The van der Waals surface area contributed by atoms with Crippen LogP contribution < -0.4 is 5.32 Å². The van der Waals surface area contributed by atoms with E-state index in [-0.39, 0.29) is 52.5 Å². The van der Waals surface area contributed by atoms with Gasteiger partial charge in [-0.3, -0.25) is 4.79 Å². The second kappa shape index (κ2) is 8.32. The minimum absolute atomic E-state index is 0.0331. The Labute approximate surface area is 171 Å². The van der Waals surface area contributed by atoms with Crippen LogP contribution in [0.25, 0.3) is 0 Å². The predicted octanol–water partition coefficient (Wildman–Crippen LogP) is 4.31. The zero-order chi connectivity index (χ0) is 20.5. The van der Waals surface area contributed by atoms with E-state index in [1.165, 1.54) is 22.5 Å². The summed E-state index contributed by atoms with van der Waals surface area (Å²) >= 11 is 12.0. The second-order valence-electron chi connectivity index (χ2n) is 6.35. The summed E-state index contributed by atoms with van der Waals surface area (Å²) in [5, 5.41) is 2.59. The van der Waals surface area contributed by atoms with Gasteiger partial charge in [0.1, 0.15) is 4.90 Å². The number of carbonyl (C=O) groups is 1. The molecule has 0 atom stereocenters. The van der Waals surface area contributed by atoms with Gasteiger partial charge in [-0.05, 0) is 37.1 Å². The van der Waals surface area contributed by atoms with Crippen molar-refractivity contribution in [1.29, 1.82) is 0 Å². The summed E-state index contributed by atoms with van der Waals surface area (Å²) in [7, 11) is -3.90. The third kappa shape index (κ3) is 4.30. The summed E-state index contributed by atoms with van der Waals surface area (Å²) in [5.74, 6) is -2.90. The molecule has 1 N–H and O–H groups in total. The zero-order valence-electron chi connectivity index (χ0n) is 14.5. The van der Waals surface area contributed by atoms with Crippen molar-refractivity contribution in [3.8, 4) is 0 Å². The molecule has 0 radical (unpaired) electrons.